The summed E-state index contributed by atoms with van der Waals surface area (Å²) in [4.78, 5) is 20.9. The summed E-state index contributed by atoms with van der Waals surface area (Å²) in [5, 5.41) is 3.49. The molecule has 5 nitrogen and oxygen atoms in total. The van der Waals surface area contributed by atoms with Crippen LogP contribution >= 0.6 is 0 Å². The topological polar surface area (TPSA) is 50.7 Å². The summed E-state index contributed by atoms with van der Waals surface area (Å²) in [5.74, 6) is -0.235. The van der Waals surface area contributed by atoms with Gasteiger partial charge in [0, 0.05) is 13.5 Å². The highest BCUT2D eigenvalue weighted by atomic mass is 16.7. The highest BCUT2D eigenvalue weighted by Crippen LogP contribution is 2.13. The number of hydrogen-bond acceptors (Lipinski definition) is 4. The number of carbonyl (C=O) groups excluding carboxylic acids is 1. The van der Waals surface area contributed by atoms with Crippen molar-refractivity contribution in [3.05, 3.63) is 0 Å². The number of hydroxylamine groups is 3. The number of quaternary nitrogens is 1. The Labute approximate surface area is 180 Å². The molecule has 0 aliphatic carbocycles. The van der Waals surface area contributed by atoms with Crippen LogP contribution in [0.25, 0.3) is 0 Å². The highest BCUT2D eigenvalue weighted by molar-refractivity contribution is 5.66. The first-order valence-corrected chi connectivity index (χ1v) is 12.5. The summed E-state index contributed by atoms with van der Waals surface area (Å²) in [5.41, 5.74) is 0. The lowest BCUT2D eigenvalue weighted by Gasteiger charge is -2.25. The third-order valence-electron chi connectivity index (χ3n) is 5.83. The van der Waals surface area contributed by atoms with Gasteiger partial charge in [0.05, 0.1) is 6.54 Å². The second-order valence-corrected chi connectivity index (χ2v) is 8.70. The number of carbonyl (C=O) groups is 1. The molecule has 1 heterocycles. The number of nitrogens with one attached hydrogen (secondary N) is 1. The fourth-order valence-corrected chi connectivity index (χ4v) is 4.05. The molecule has 0 amide bonds. The van der Waals surface area contributed by atoms with Crippen molar-refractivity contribution < 1.29 is 14.3 Å². The Bertz CT molecular complexity index is 428. The van der Waals surface area contributed by atoms with Gasteiger partial charge >= 0.3 is 5.97 Å². The summed E-state index contributed by atoms with van der Waals surface area (Å²) in [6, 6.07) is 0. The van der Waals surface area contributed by atoms with E-state index in [-0.39, 0.29) is 10.6 Å². The van der Waals surface area contributed by atoms with Gasteiger partial charge in [0.25, 0.3) is 0 Å². The van der Waals surface area contributed by atoms with E-state index >= 15 is 0 Å². The third-order valence-corrected chi connectivity index (χ3v) is 5.83. The summed E-state index contributed by atoms with van der Waals surface area (Å²) >= 11 is 0. The van der Waals surface area contributed by atoms with Crippen molar-refractivity contribution in [2.24, 2.45) is 4.99 Å². The van der Waals surface area contributed by atoms with Crippen LogP contribution in [0.2, 0.25) is 0 Å². The lowest BCUT2D eigenvalue weighted by molar-refractivity contribution is -1.01. The first-order chi connectivity index (χ1) is 14.2. The molecule has 0 fully saturated rings. The molecule has 1 atom stereocenters. The van der Waals surface area contributed by atoms with Gasteiger partial charge in [0.1, 0.15) is 13.1 Å². The number of hydrogen-bond donors (Lipinski definition) is 1. The minimum Gasteiger partial charge on any atom is -0.311 e. The largest absolute Gasteiger partial charge is 0.364 e. The van der Waals surface area contributed by atoms with Crippen molar-refractivity contribution in [3.8, 4) is 0 Å². The van der Waals surface area contributed by atoms with Crippen LogP contribution < -0.4 is 5.32 Å². The van der Waals surface area contributed by atoms with Gasteiger partial charge in [-0.15, -0.1) is 0 Å². The Kier molecular flexibility index (Phi) is 16.1. The van der Waals surface area contributed by atoms with Crippen LogP contribution in [0.15, 0.2) is 4.99 Å². The van der Waals surface area contributed by atoms with Gasteiger partial charge in [0.2, 0.25) is 6.34 Å². The Balaban J connectivity index is 1.79. The van der Waals surface area contributed by atoms with Crippen molar-refractivity contribution in [2.45, 2.75) is 110 Å². The first kappa shape index (κ1) is 26.1. The molecular formula is C24H48N3O2+. The standard InChI is InChI=1S/C24H48N3O2/c1-3-4-5-6-7-8-9-10-11-12-13-14-15-16-17-18-25-19-21-27(29-24(2)28)22-20-26-23-27/h23,25H,3-22H2,1-2H3/q+1. The molecule has 1 aliphatic heterocycles. The van der Waals surface area contributed by atoms with Crippen LogP contribution in [0.5, 0.6) is 0 Å². The summed E-state index contributed by atoms with van der Waals surface area (Å²) in [7, 11) is 0. The van der Waals surface area contributed by atoms with E-state index in [1.165, 1.54) is 103 Å². The van der Waals surface area contributed by atoms with Crippen LogP contribution in [0.1, 0.15) is 110 Å². The molecule has 0 spiro atoms. The molecule has 1 unspecified atom stereocenters. The lowest BCUT2D eigenvalue weighted by Crippen LogP contribution is -2.50. The van der Waals surface area contributed by atoms with Gasteiger partial charge in [-0.1, -0.05) is 101 Å². The Morgan fingerprint density at radius 3 is 1.83 bits per heavy atom. The molecule has 29 heavy (non-hydrogen) atoms. The number of aliphatic imine (C=N–C) groups is 1. The molecule has 0 aromatic rings. The van der Waals surface area contributed by atoms with Crippen molar-refractivity contribution in [2.75, 3.05) is 32.7 Å². The predicted octanol–water partition coefficient (Wildman–Crippen LogP) is 5.78. The van der Waals surface area contributed by atoms with Crippen LogP contribution in [0.4, 0.5) is 0 Å². The predicted molar refractivity (Wildman–Crippen MR) is 123 cm³/mol. The van der Waals surface area contributed by atoms with E-state index in [1.807, 2.05) is 0 Å². The first-order valence-electron chi connectivity index (χ1n) is 12.5. The van der Waals surface area contributed by atoms with Crippen LogP contribution in [0, 0.1) is 0 Å². The van der Waals surface area contributed by atoms with Crippen molar-refractivity contribution in [3.63, 3.8) is 0 Å². The third kappa shape index (κ3) is 14.6. The highest BCUT2D eigenvalue weighted by Gasteiger charge is 2.33. The normalized spacial score (nSPS) is 18.4. The molecule has 0 saturated carbocycles. The minimum absolute atomic E-state index is 0.235. The van der Waals surface area contributed by atoms with Gasteiger partial charge in [-0.05, 0) is 13.0 Å². The van der Waals surface area contributed by atoms with E-state index in [9.17, 15) is 4.79 Å². The zero-order valence-electron chi connectivity index (χ0n) is 19.4. The maximum Gasteiger partial charge on any atom is 0.364 e. The SMILES string of the molecule is CCCCCCCCCCCCCCCCCNCC[N+]1(OC(C)=O)C=NCC1. The zero-order valence-corrected chi connectivity index (χ0v) is 19.4. The summed E-state index contributed by atoms with van der Waals surface area (Å²) in [6.45, 7) is 7.93. The Morgan fingerprint density at radius 1 is 0.862 bits per heavy atom. The van der Waals surface area contributed by atoms with E-state index in [0.29, 0.717) is 0 Å². The van der Waals surface area contributed by atoms with E-state index in [4.69, 9.17) is 4.84 Å². The average molecular weight is 411 g/mol. The molecule has 0 aromatic carbocycles. The van der Waals surface area contributed by atoms with Crippen LogP contribution in [0.3, 0.4) is 0 Å². The smallest absolute Gasteiger partial charge is 0.311 e. The minimum atomic E-state index is -0.235. The van der Waals surface area contributed by atoms with Crippen LogP contribution in [-0.4, -0.2) is 49.7 Å². The zero-order chi connectivity index (χ0) is 21.0. The van der Waals surface area contributed by atoms with Crippen molar-refractivity contribution in [1.29, 1.82) is 0 Å². The van der Waals surface area contributed by atoms with E-state index in [0.717, 1.165) is 32.7 Å². The fraction of sp³-hybridized carbons (Fsp3) is 0.917. The van der Waals surface area contributed by atoms with E-state index in [1.54, 1.807) is 6.34 Å². The van der Waals surface area contributed by atoms with Gasteiger partial charge in [-0.2, -0.15) is 0 Å². The molecule has 1 N–H and O–H groups in total. The molecule has 5 heteroatoms. The second kappa shape index (κ2) is 17.9. The summed E-state index contributed by atoms with van der Waals surface area (Å²) in [6.07, 6.45) is 22.8. The number of unbranched alkanes of at least 4 members (excludes halogenated alkanes) is 14. The molecule has 170 valence electrons. The Morgan fingerprint density at radius 2 is 1.38 bits per heavy atom. The average Bonchev–Trinajstić information content (AvgIpc) is 3.14. The fourth-order valence-electron chi connectivity index (χ4n) is 4.05. The van der Waals surface area contributed by atoms with Gasteiger partial charge in [-0.3, -0.25) is 4.84 Å². The molecular weight excluding hydrogens is 362 g/mol. The maximum absolute atomic E-state index is 11.3. The molecule has 1 aliphatic rings. The van der Waals surface area contributed by atoms with Crippen molar-refractivity contribution in [1.82, 2.24) is 5.32 Å². The quantitative estimate of drug-likeness (QED) is 0.204. The van der Waals surface area contributed by atoms with Gasteiger partial charge in [-0.25, -0.2) is 9.79 Å². The van der Waals surface area contributed by atoms with E-state index in [2.05, 4.69) is 17.2 Å². The molecule has 0 bridgehead atoms. The number of nitrogens with zero attached hydrogens (tertiary/aromatic N) is 2. The maximum atomic E-state index is 11.3. The molecule has 0 radical (unpaired) electrons. The lowest BCUT2D eigenvalue weighted by atomic mass is 10.0. The summed E-state index contributed by atoms with van der Waals surface area (Å²) < 4.78 is 0.251. The number of rotatable bonds is 20. The van der Waals surface area contributed by atoms with E-state index < -0.39 is 0 Å². The molecule has 0 saturated heterocycles. The van der Waals surface area contributed by atoms with Gasteiger partial charge < -0.3 is 5.32 Å². The van der Waals surface area contributed by atoms with Crippen LogP contribution in [-0.2, 0) is 9.63 Å². The monoisotopic (exact) mass is 410 g/mol. The molecule has 1 rings (SSSR count). The molecule has 0 aromatic heterocycles. The van der Waals surface area contributed by atoms with Gasteiger partial charge in [0.15, 0.2) is 0 Å². The van der Waals surface area contributed by atoms with Crippen molar-refractivity contribution >= 4 is 12.3 Å². The second-order valence-electron chi connectivity index (χ2n) is 8.70. The Hall–Kier alpha value is -0.940.